The van der Waals surface area contributed by atoms with Crippen LogP contribution in [0, 0.1) is 10.1 Å². The molecule has 0 bridgehead atoms. The van der Waals surface area contributed by atoms with E-state index in [-0.39, 0.29) is 23.9 Å². The molecule has 0 unspecified atom stereocenters. The first-order valence-corrected chi connectivity index (χ1v) is 7.45. The van der Waals surface area contributed by atoms with Crippen molar-refractivity contribution in [2.24, 2.45) is 5.73 Å². The Hall–Kier alpha value is -1.82. The van der Waals surface area contributed by atoms with E-state index in [9.17, 15) is 10.1 Å². The molecule has 1 aliphatic carbocycles. The first kappa shape index (κ1) is 15.6. The fourth-order valence-corrected chi connectivity index (χ4v) is 2.71. The number of para-hydroxylation sites is 1. The number of nitro groups is 1. The van der Waals surface area contributed by atoms with E-state index >= 15 is 0 Å². The first-order valence-electron chi connectivity index (χ1n) is 7.45. The van der Waals surface area contributed by atoms with Crippen molar-refractivity contribution in [1.29, 1.82) is 0 Å². The maximum atomic E-state index is 11.4. The molecule has 1 aromatic rings. The summed E-state index contributed by atoms with van der Waals surface area (Å²) in [7, 11) is 0. The van der Waals surface area contributed by atoms with Gasteiger partial charge in [-0.05, 0) is 38.8 Å². The molecule has 116 valence electrons. The largest absolute Gasteiger partial charge is 0.484 e. The van der Waals surface area contributed by atoms with Gasteiger partial charge in [-0.1, -0.05) is 18.9 Å². The number of nitrogens with two attached hydrogens (primary N) is 1. The van der Waals surface area contributed by atoms with Gasteiger partial charge >= 0.3 is 5.69 Å². The second-order valence-corrected chi connectivity index (χ2v) is 5.78. The van der Waals surface area contributed by atoms with E-state index in [2.05, 4.69) is 5.32 Å². The van der Waals surface area contributed by atoms with Crippen molar-refractivity contribution >= 4 is 11.4 Å². The Bertz CT molecular complexity index is 505. The Morgan fingerprint density at radius 2 is 2.10 bits per heavy atom. The van der Waals surface area contributed by atoms with Gasteiger partial charge in [-0.25, -0.2) is 0 Å². The van der Waals surface area contributed by atoms with E-state index in [1.807, 2.05) is 13.8 Å². The highest BCUT2D eigenvalue weighted by Crippen LogP contribution is 2.36. The number of hydrogen-bond acceptors (Lipinski definition) is 5. The summed E-state index contributed by atoms with van der Waals surface area (Å²) in [6.07, 6.45) is 4.00. The SMILES string of the molecule is CC(C)Oc1cccc(N[C@@H]2CCCC[C@H]2N)c1[N+](=O)[O-]. The quantitative estimate of drug-likeness (QED) is 0.643. The molecule has 1 fully saturated rings. The van der Waals surface area contributed by atoms with Crippen LogP contribution in [0.2, 0.25) is 0 Å². The van der Waals surface area contributed by atoms with Crippen molar-refractivity contribution < 1.29 is 9.66 Å². The van der Waals surface area contributed by atoms with Crippen LogP contribution in [0.4, 0.5) is 11.4 Å². The minimum atomic E-state index is -0.394. The van der Waals surface area contributed by atoms with Gasteiger partial charge in [0.1, 0.15) is 5.69 Å². The predicted octanol–water partition coefficient (Wildman–Crippen LogP) is 3.06. The van der Waals surface area contributed by atoms with E-state index in [1.54, 1.807) is 18.2 Å². The van der Waals surface area contributed by atoms with E-state index < -0.39 is 4.92 Å². The Balaban J connectivity index is 2.27. The molecule has 2 atom stereocenters. The van der Waals surface area contributed by atoms with Gasteiger partial charge in [0.25, 0.3) is 0 Å². The molecule has 1 aliphatic rings. The van der Waals surface area contributed by atoms with Crippen LogP contribution in [0.1, 0.15) is 39.5 Å². The summed E-state index contributed by atoms with van der Waals surface area (Å²) >= 11 is 0. The summed E-state index contributed by atoms with van der Waals surface area (Å²) in [6.45, 7) is 3.70. The van der Waals surface area contributed by atoms with Crippen LogP contribution in [-0.2, 0) is 0 Å². The molecule has 0 aliphatic heterocycles. The molecule has 6 heteroatoms. The van der Waals surface area contributed by atoms with Gasteiger partial charge < -0.3 is 15.8 Å². The zero-order valence-corrected chi connectivity index (χ0v) is 12.5. The first-order chi connectivity index (χ1) is 9.99. The minimum absolute atomic E-state index is 0.0102. The Morgan fingerprint density at radius 1 is 1.38 bits per heavy atom. The maximum Gasteiger partial charge on any atom is 0.333 e. The van der Waals surface area contributed by atoms with E-state index in [0.29, 0.717) is 11.4 Å². The van der Waals surface area contributed by atoms with Crippen LogP contribution in [0.25, 0.3) is 0 Å². The van der Waals surface area contributed by atoms with Gasteiger partial charge in [0, 0.05) is 12.1 Å². The highest BCUT2D eigenvalue weighted by molar-refractivity contribution is 5.69. The predicted molar refractivity (Wildman–Crippen MR) is 82.7 cm³/mol. The molecule has 1 saturated carbocycles. The minimum Gasteiger partial charge on any atom is -0.484 e. The van der Waals surface area contributed by atoms with Gasteiger partial charge in [0.15, 0.2) is 5.75 Å². The monoisotopic (exact) mass is 293 g/mol. The number of benzene rings is 1. The smallest absolute Gasteiger partial charge is 0.333 e. The fourth-order valence-electron chi connectivity index (χ4n) is 2.71. The number of hydrogen-bond donors (Lipinski definition) is 2. The fraction of sp³-hybridized carbons (Fsp3) is 0.600. The van der Waals surface area contributed by atoms with Gasteiger partial charge in [-0.3, -0.25) is 10.1 Å². The molecular weight excluding hydrogens is 270 g/mol. The van der Waals surface area contributed by atoms with Gasteiger partial charge in [0.2, 0.25) is 0 Å². The number of nitrogens with zero attached hydrogens (tertiary/aromatic N) is 1. The van der Waals surface area contributed by atoms with E-state index in [1.165, 1.54) is 0 Å². The number of anilines is 1. The maximum absolute atomic E-state index is 11.4. The third-order valence-electron chi connectivity index (χ3n) is 3.70. The Morgan fingerprint density at radius 3 is 2.71 bits per heavy atom. The molecule has 0 amide bonds. The zero-order chi connectivity index (χ0) is 15.4. The molecule has 1 aromatic carbocycles. The third kappa shape index (κ3) is 3.85. The lowest BCUT2D eigenvalue weighted by molar-refractivity contribution is -0.385. The van der Waals surface area contributed by atoms with Gasteiger partial charge in [0.05, 0.1) is 11.0 Å². The van der Waals surface area contributed by atoms with Crippen molar-refractivity contribution in [3.8, 4) is 5.75 Å². The second-order valence-electron chi connectivity index (χ2n) is 5.78. The molecule has 21 heavy (non-hydrogen) atoms. The number of nitro benzene ring substituents is 1. The van der Waals surface area contributed by atoms with Crippen molar-refractivity contribution in [2.45, 2.75) is 57.7 Å². The average molecular weight is 293 g/mol. The summed E-state index contributed by atoms with van der Waals surface area (Å²) in [4.78, 5) is 11.0. The van der Waals surface area contributed by atoms with Crippen LogP contribution in [0.3, 0.4) is 0 Å². The number of nitrogens with one attached hydrogen (secondary N) is 1. The molecule has 6 nitrogen and oxygen atoms in total. The molecule has 0 saturated heterocycles. The lowest BCUT2D eigenvalue weighted by Crippen LogP contribution is -2.42. The van der Waals surface area contributed by atoms with Crippen LogP contribution >= 0.6 is 0 Å². The number of ether oxygens (including phenoxy) is 1. The third-order valence-corrected chi connectivity index (χ3v) is 3.70. The van der Waals surface area contributed by atoms with E-state index in [0.717, 1.165) is 25.7 Å². The standard InChI is InChI=1S/C15H23N3O3/c1-10(2)21-14-9-5-8-13(15(14)18(19)20)17-12-7-4-3-6-11(12)16/h5,8-12,17H,3-4,6-7,16H2,1-2H3/t11-,12-/m1/s1. The zero-order valence-electron chi connectivity index (χ0n) is 12.5. The summed E-state index contributed by atoms with van der Waals surface area (Å²) in [5.74, 6) is 0.296. The molecule has 3 N–H and O–H groups in total. The highest BCUT2D eigenvalue weighted by atomic mass is 16.6. The average Bonchev–Trinajstić information content (AvgIpc) is 2.40. The molecule has 0 spiro atoms. The van der Waals surface area contributed by atoms with Crippen LogP contribution in [0.15, 0.2) is 18.2 Å². The Labute approximate surface area is 124 Å². The highest BCUT2D eigenvalue weighted by Gasteiger charge is 2.27. The van der Waals surface area contributed by atoms with Crippen LogP contribution in [-0.4, -0.2) is 23.1 Å². The van der Waals surface area contributed by atoms with Crippen molar-refractivity contribution in [2.75, 3.05) is 5.32 Å². The summed E-state index contributed by atoms with van der Waals surface area (Å²) < 4.78 is 5.55. The normalized spacial score (nSPS) is 22.1. The number of rotatable bonds is 5. The van der Waals surface area contributed by atoms with Crippen molar-refractivity contribution in [3.05, 3.63) is 28.3 Å². The topological polar surface area (TPSA) is 90.4 Å². The van der Waals surface area contributed by atoms with Gasteiger partial charge in [-0.15, -0.1) is 0 Å². The lowest BCUT2D eigenvalue weighted by Gasteiger charge is -2.30. The van der Waals surface area contributed by atoms with Crippen molar-refractivity contribution in [1.82, 2.24) is 0 Å². The van der Waals surface area contributed by atoms with Gasteiger partial charge in [-0.2, -0.15) is 0 Å². The van der Waals surface area contributed by atoms with Crippen LogP contribution < -0.4 is 15.8 Å². The molecule has 0 heterocycles. The molecule has 2 rings (SSSR count). The van der Waals surface area contributed by atoms with Crippen molar-refractivity contribution in [3.63, 3.8) is 0 Å². The lowest BCUT2D eigenvalue weighted by atomic mass is 9.91. The second kappa shape index (κ2) is 6.76. The molecule has 0 radical (unpaired) electrons. The summed E-state index contributed by atoms with van der Waals surface area (Å²) in [6, 6.07) is 5.22. The molecular formula is C15H23N3O3. The van der Waals surface area contributed by atoms with E-state index in [4.69, 9.17) is 10.5 Å². The van der Waals surface area contributed by atoms with Crippen LogP contribution in [0.5, 0.6) is 5.75 Å². The molecule has 0 aromatic heterocycles. The summed E-state index contributed by atoms with van der Waals surface area (Å²) in [5, 5.41) is 14.6. The Kier molecular flexibility index (Phi) is 5.01. The summed E-state index contributed by atoms with van der Waals surface area (Å²) in [5.41, 5.74) is 6.58.